The van der Waals surface area contributed by atoms with E-state index < -0.39 is 11.7 Å². The molecular weight excluding hydrogens is 231 g/mol. The summed E-state index contributed by atoms with van der Waals surface area (Å²) in [5, 5.41) is 3.29. The molecule has 1 fully saturated rings. The van der Waals surface area contributed by atoms with Crippen molar-refractivity contribution in [3.05, 3.63) is 29.6 Å². The molecule has 0 bridgehead atoms. The normalized spacial score (nSPS) is 17.0. The Kier molecular flexibility index (Phi) is 3.84. The van der Waals surface area contributed by atoms with Crippen molar-refractivity contribution in [2.45, 2.75) is 38.6 Å². The lowest BCUT2D eigenvalue weighted by Crippen LogP contribution is -2.23. The van der Waals surface area contributed by atoms with Gasteiger partial charge in [0.2, 0.25) is 0 Å². The van der Waals surface area contributed by atoms with Gasteiger partial charge in [-0.3, -0.25) is 4.79 Å². The van der Waals surface area contributed by atoms with Crippen LogP contribution in [0.5, 0.6) is 0 Å². The predicted molar refractivity (Wildman–Crippen MR) is 70.0 cm³/mol. The number of benzene rings is 1. The third kappa shape index (κ3) is 3.00. The molecule has 0 aromatic heterocycles. The minimum absolute atomic E-state index is 0.0594. The van der Waals surface area contributed by atoms with Crippen molar-refractivity contribution in [1.29, 1.82) is 0 Å². The quantitative estimate of drug-likeness (QED) is 0.844. The minimum atomic E-state index is -0.734. The van der Waals surface area contributed by atoms with E-state index in [1.807, 2.05) is 0 Å². The highest BCUT2D eigenvalue weighted by atomic mass is 19.1. The molecule has 0 heterocycles. The summed E-state index contributed by atoms with van der Waals surface area (Å²) in [7, 11) is 0. The van der Waals surface area contributed by atoms with Crippen LogP contribution in [-0.4, -0.2) is 11.9 Å². The van der Waals surface area contributed by atoms with Gasteiger partial charge in [0.15, 0.2) is 0 Å². The number of carbonyl (C=O) groups is 1. The zero-order valence-corrected chi connectivity index (χ0v) is 10.6. The number of hydrogen-bond acceptors (Lipinski definition) is 2. The van der Waals surface area contributed by atoms with Crippen LogP contribution >= 0.6 is 0 Å². The Hall–Kier alpha value is -1.58. The second-order valence-corrected chi connectivity index (χ2v) is 5.14. The van der Waals surface area contributed by atoms with Crippen molar-refractivity contribution in [2.24, 2.45) is 11.7 Å². The van der Waals surface area contributed by atoms with E-state index in [4.69, 9.17) is 5.73 Å². The summed E-state index contributed by atoms with van der Waals surface area (Å²) in [5.41, 5.74) is 5.81. The number of hydrogen-bond donors (Lipinski definition) is 2. The number of rotatable bonds is 5. The minimum Gasteiger partial charge on any atom is -0.383 e. The van der Waals surface area contributed by atoms with Crippen LogP contribution in [0.1, 0.15) is 43.0 Å². The summed E-state index contributed by atoms with van der Waals surface area (Å²) in [5.74, 6) is -0.494. The smallest absolute Gasteiger partial charge is 0.251 e. The molecule has 1 amide bonds. The zero-order valence-electron chi connectivity index (χ0n) is 10.6. The summed E-state index contributed by atoms with van der Waals surface area (Å²) < 4.78 is 13.3. The van der Waals surface area contributed by atoms with Gasteiger partial charge in [0.25, 0.3) is 5.91 Å². The van der Waals surface area contributed by atoms with E-state index in [0.29, 0.717) is 6.04 Å². The van der Waals surface area contributed by atoms with E-state index in [1.165, 1.54) is 31.4 Å². The topological polar surface area (TPSA) is 55.1 Å². The van der Waals surface area contributed by atoms with Crippen LogP contribution in [0.4, 0.5) is 10.1 Å². The molecule has 3 N–H and O–H groups in total. The third-order valence-corrected chi connectivity index (χ3v) is 3.56. The van der Waals surface area contributed by atoms with E-state index in [2.05, 4.69) is 12.2 Å². The molecule has 0 radical (unpaired) electrons. The highest BCUT2D eigenvalue weighted by molar-refractivity contribution is 5.94. The molecule has 1 aliphatic carbocycles. The van der Waals surface area contributed by atoms with Crippen LogP contribution in [0, 0.1) is 11.7 Å². The molecule has 1 saturated carbocycles. The van der Waals surface area contributed by atoms with Crippen LogP contribution in [-0.2, 0) is 0 Å². The van der Waals surface area contributed by atoms with E-state index in [1.54, 1.807) is 6.07 Å². The maximum Gasteiger partial charge on any atom is 0.251 e. The molecule has 0 spiro atoms. The van der Waals surface area contributed by atoms with Gasteiger partial charge < -0.3 is 11.1 Å². The number of anilines is 1. The Labute approximate surface area is 107 Å². The van der Waals surface area contributed by atoms with Crippen molar-refractivity contribution in [2.75, 3.05) is 5.32 Å². The van der Waals surface area contributed by atoms with Crippen LogP contribution < -0.4 is 11.1 Å². The van der Waals surface area contributed by atoms with Crippen molar-refractivity contribution < 1.29 is 9.18 Å². The molecule has 0 saturated heterocycles. The van der Waals surface area contributed by atoms with Gasteiger partial charge >= 0.3 is 0 Å². The fourth-order valence-corrected chi connectivity index (χ4v) is 2.38. The van der Waals surface area contributed by atoms with Crippen LogP contribution in [0.3, 0.4) is 0 Å². The lowest BCUT2D eigenvalue weighted by molar-refractivity contribution is 0.0996. The second-order valence-electron chi connectivity index (χ2n) is 5.14. The number of amides is 1. The molecule has 3 nitrogen and oxygen atoms in total. The van der Waals surface area contributed by atoms with E-state index in [9.17, 15) is 9.18 Å². The summed E-state index contributed by atoms with van der Waals surface area (Å²) in [4.78, 5) is 11.0. The van der Waals surface area contributed by atoms with Crippen LogP contribution in [0.25, 0.3) is 0 Å². The molecule has 2 rings (SSSR count). The first-order valence-corrected chi connectivity index (χ1v) is 6.42. The summed E-state index contributed by atoms with van der Waals surface area (Å²) in [6.45, 7) is 2.10. The molecule has 98 valence electrons. The van der Waals surface area contributed by atoms with Gasteiger partial charge in [0.05, 0.1) is 5.56 Å². The van der Waals surface area contributed by atoms with Crippen molar-refractivity contribution in [3.63, 3.8) is 0 Å². The average molecular weight is 250 g/mol. The standard InChI is InChI=1S/C14H19FN2O/c1-9(7-10-3-2-4-10)17-11-5-6-13(15)12(8-11)14(16)18/h5-6,8-10,17H,2-4,7H2,1H3,(H2,16,18). The molecular formula is C14H19FN2O. The lowest BCUT2D eigenvalue weighted by Gasteiger charge is -2.29. The molecule has 18 heavy (non-hydrogen) atoms. The van der Waals surface area contributed by atoms with Crippen molar-refractivity contribution >= 4 is 11.6 Å². The van der Waals surface area contributed by atoms with E-state index >= 15 is 0 Å². The van der Waals surface area contributed by atoms with E-state index in [0.717, 1.165) is 18.0 Å². The number of primary amides is 1. The molecule has 1 aromatic rings. The first-order chi connectivity index (χ1) is 8.56. The van der Waals surface area contributed by atoms with Gasteiger partial charge in [0.1, 0.15) is 5.82 Å². The maximum atomic E-state index is 13.3. The maximum absolute atomic E-state index is 13.3. The molecule has 0 aliphatic heterocycles. The zero-order chi connectivity index (χ0) is 13.1. The molecule has 1 aliphatic rings. The molecule has 1 unspecified atom stereocenters. The van der Waals surface area contributed by atoms with Gasteiger partial charge in [-0.2, -0.15) is 0 Å². The highest BCUT2D eigenvalue weighted by Gasteiger charge is 2.20. The summed E-state index contributed by atoms with van der Waals surface area (Å²) in [6, 6.07) is 4.72. The van der Waals surface area contributed by atoms with Gasteiger partial charge in [0, 0.05) is 11.7 Å². The number of nitrogens with two attached hydrogens (primary N) is 1. The van der Waals surface area contributed by atoms with Crippen LogP contribution in [0.15, 0.2) is 18.2 Å². The van der Waals surface area contributed by atoms with Gasteiger partial charge in [-0.1, -0.05) is 19.3 Å². The second kappa shape index (κ2) is 5.38. The number of nitrogens with one attached hydrogen (secondary N) is 1. The Morgan fingerprint density at radius 1 is 1.56 bits per heavy atom. The SMILES string of the molecule is CC(CC1CCC1)Nc1ccc(F)c(C(N)=O)c1. The lowest BCUT2D eigenvalue weighted by atomic mass is 9.81. The Morgan fingerprint density at radius 2 is 2.28 bits per heavy atom. The fourth-order valence-electron chi connectivity index (χ4n) is 2.38. The Bertz CT molecular complexity index is 443. The number of carbonyl (C=O) groups excluding carboxylic acids is 1. The number of halogens is 1. The van der Waals surface area contributed by atoms with E-state index in [-0.39, 0.29) is 5.56 Å². The monoisotopic (exact) mass is 250 g/mol. The first kappa shape index (κ1) is 12.9. The van der Waals surface area contributed by atoms with Gasteiger partial charge in [-0.05, 0) is 37.5 Å². The van der Waals surface area contributed by atoms with Crippen molar-refractivity contribution in [1.82, 2.24) is 0 Å². The van der Waals surface area contributed by atoms with Crippen molar-refractivity contribution in [3.8, 4) is 0 Å². The highest BCUT2D eigenvalue weighted by Crippen LogP contribution is 2.31. The summed E-state index contributed by atoms with van der Waals surface area (Å²) >= 11 is 0. The average Bonchev–Trinajstić information content (AvgIpc) is 2.26. The Balaban J connectivity index is 1.99. The van der Waals surface area contributed by atoms with Crippen LogP contribution in [0.2, 0.25) is 0 Å². The largest absolute Gasteiger partial charge is 0.383 e. The third-order valence-electron chi connectivity index (χ3n) is 3.56. The van der Waals surface area contributed by atoms with Gasteiger partial charge in [-0.15, -0.1) is 0 Å². The molecule has 4 heteroatoms. The molecule has 1 atom stereocenters. The predicted octanol–water partition coefficient (Wildman–Crippen LogP) is 2.92. The first-order valence-electron chi connectivity index (χ1n) is 6.42. The fraction of sp³-hybridized carbons (Fsp3) is 0.500. The Morgan fingerprint density at radius 3 is 2.83 bits per heavy atom. The molecule has 1 aromatic carbocycles. The summed E-state index contributed by atoms with van der Waals surface area (Å²) in [6.07, 6.45) is 5.06. The van der Waals surface area contributed by atoms with Gasteiger partial charge in [-0.25, -0.2) is 4.39 Å².